The molecule has 1 aromatic carbocycles. The molecule has 0 bridgehead atoms. The van der Waals surface area contributed by atoms with Crippen LogP contribution in [0.15, 0.2) is 21.0 Å². The molecule has 17 heavy (non-hydrogen) atoms. The van der Waals surface area contributed by atoms with Gasteiger partial charge in [-0.15, -0.1) is 0 Å². The normalized spacial score (nSPS) is 11.6. The van der Waals surface area contributed by atoms with Crippen molar-refractivity contribution >= 4 is 38.5 Å². The van der Waals surface area contributed by atoms with Gasteiger partial charge in [-0.2, -0.15) is 0 Å². The van der Waals surface area contributed by atoms with Crippen LogP contribution in [0, 0.1) is 6.92 Å². The van der Waals surface area contributed by atoms with Gasteiger partial charge in [0.2, 0.25) is 0 Å². The molecule has 4 heteroatoms. The van der Waals surface area contributed by atoms with E-state index >= 15 is 0 Å². The van der Waals surface area contributed by atoms with Crippen molar-refractivity contribution < 1.29 is 4.42 Å². The minimum Gasteiger partial charge on any atom is -0.458 e. The molecule has 0 atom stereocenters. The summed E-state index contributed by atoms with van der Waals surface area (Å²) in [6.07, 6.45) is 0. The zero-order valence-corrected chi connectivity index (χ0v) is 12.4. The fourth-order valence-corrected chi connectivity index (χ4v) is 2.59. The Labute approximate surface area is 114 Å². The summed E-state index contributed by atoms with van der Waals surface area (Å²) in [7, 11) is 0. The molecule has 0 spiro atoms. The lowest BCUT2D eigenvalue weighted by atomic mass is 10.1. The standard InChI is InChI=1S/C13H15BrClNO/c1-7(2)16-6-11-8(3)12-9(14)4-5-10(15)13(12)17-11/h4-5,7,16H,6H2,1-3H3. The molecule has 0 aliphatic rings. The number of halogens is 2. The van der Waals surface area contributed by atoms with Crippen LogP contribution in [0.3, 0.4) is 0 Å². The van der Waals surface area contributed by atoms with Gasteiger partial charge in [0.1, 0.15) is 5.76 Å². The predicted molar refractivity (Wildman–Crippen MR) is 75.6 cm³/mol. The summed E-state index contributed by atoms with van der Waals surface area (Å²) in [6, 6.07) is 4.23. The van der Waals surface area contributed by atoms with Crippen LogP contribution < -0.4 is 5.32 Å². The summed E-state index contributed by atoms with van der Waals surface area (Å²) < 4.78 is 6.86. The number of nitrogens with one attached hydrogen (secondary N) is 1. The molecule has 0 aliphatic carbocycles. The highest BCUT2D eigenvalue weighted by molar-refractivity contribution is 9.10. The van der Waals surface area contributed by atoms with Crippen molar-refractivity contribution in [3.8, 4) is 0 Å². The SMILES string of the molecule is Cc1c(CNC(C)C)oc2c(Cl)ccc(Br)c12. The Balaban J connectivity index is 2.49. The summed E-state index contributed by atoms with van der Waals surface area (Å²) in [5.41, 5.74) is 1.90. The third kappa shape index (κ3) is 2.51. The van der Waals surface area contributed by atoms with Crippen LogP contribution in [-0.2, 0) is 6.54 Å². The Morgan fingerprint density at radius 1 is 1.41 bits per heavy atom. The van der Waals surface area contributed by atoms with E-state index in [0.717, 1.165) is 33.3 Å². The van der Waals surface area contributed by atoms with Gasteiger partial charge in [-0.3, -0.25) is 0 Å². The zero-order valence-electron chi connectivity index (χ0n) is 10.1. The summed E-state index contributed by atoms with van der Waals surface area (Å²) in [6.45, 7) is 7.01. The topological polar surface area (TPSA) is 25.2 Å². The van der Waals surface area contributed by atoms with E-state index in [0.29, 0.717) is 11.1 Å². The van der Waals surface area contributed by atoms with Gasteiger partial charge in [0.05, 0.1) is 11.6 Å². The molecule has 0 saturated carbocycles. The lowest BCUT2D eigenvalue weighted by Gasteiger charge is -2.05. The predicted octanol–water partition coefficient (Wildman–Crippen LogP) is 4.66. The number of fused-ring (bicyclic) bond motifs is 1. The Morgan fingerprint density at radius 3 is 2.71 bits per heavy atom. The molecule has 0 saturated heterocycles. The molecule has 2 nitrogen and oxygen atoms in total. The van der Waals surface area contributed by atoms with Gasteiger partial charge >= 0.3 is 0 Å². The van der Waals surface area contributed by atoms with Crippen LogP contribution in [0.25, 0.3) is 11.0 Å². The van der Waals surface area contributed by atoms with Crippen molar-refractivity contribution in [3.63, 3.8) is 0 Å². The molecule has 0 fully saturated rings. The molecular formula is C13H15BrClNO. The highest BCUT2D eigenvalue weighted by atomic mass is 79.9. The fourth-order valence-electron chi connectivity index (χ4n) is 1.79. The minimum absolute atomic E-state index is 0.432. The maximum absolute atomic E-state index is 6.14. The highest BCUT2D eigenvalue weighted by Crippen LogP contribution is 2.35. The van der Waals surface area contributed by atoms with Gasteiger partial charge in [-0.25, -0.2) is 0 Å². The second-order valence-corrected chi connectivity index (χ2v) is 5.68. The first-order valence-corrected chi connectivity index (χ1v) is 6.77. The highest BCUT2D eigenvalue weighted by Gasteiger charge is 2.15. The largest absolute Gasteiger partial charge is 0.458 e. The second-order valence-electron chi connectivity index (χ2n) is 4.42. The number of hydrogen-bond donors (Lipinski definition) is 1. The van der Waals surface area contributed by atoms with Crippen molar-refractivity contribution in [2.45, 2.75) is 33.4 Å². The molecule has 92 valence electrons. The van der Waals surface area contributed by atoms with E-state index in [1.54, 1.807) is 0 Å². The lowest BCUT2D eigenvalue weighted by molar-refractivity contribution is 0.485. The molecule has 0 aliphatic heterocycles. The van der Waals surface area contributed by atoms with Crippen molar-refractivity contribution in [1.29, 1.82) is 0 Å². The van der Waals surface area contributed by atoms with E-state index in [-0.39, 0.29) is 0 Å². The van der Waals surface area contributed by atoms with Gasteiger partial charge < -0.3 is 9.73 Å². The molecule has 1 N–H and O–H groups in total. The molecule has 1 aromatic heterocycles. The Hall–Kier alpha value is -0.510. The van der Waals surface area contributed by atoms with Crippen molar-refractivity contribution in [3.05, 3.63) is 33.0 Å². The first-order chi connectivity index (χ1) is 8.00. The molecular weight excluding hydrogens is 302 g/mol. The summed E-state index contributed by atoms with van der Waals surface area (Å²) in [5.74, 6) is 0.947. The fraction of sp³-hybridized carbons (Fsp3) is 0.385. The third-order valence-electron chi connectivity index (χ3n) is 2.75. The van der Waals surface area contributed by atoms with Gasteiger partial charge in [0, 0.05) is 21.5 Å². The average Bonchev–Trinajstić information content (AvgIpc) is 2.60. The average molecular weight is 317 g/mol. The van der Waals surface area contributed by atoms with Crippen LogP contribution in [-0.4, -0.2) is 6.04 Å². The van der Waals surface area contributed by atoms with Gasteiger partial charge in [-0.05, 0) is 19.1 Å². The Kier molecular flexibility index (Phi) is 3.81. The van der Waals surface area contributed by atoms with E-state index in [2.05, 4.69) is 42.0 Å². The number of rotatable bonds is 3. The number of furan rings is 1. The summed E-state index contributed by atoms with van der Waals surface area (Å²) in [4.78, 5) is 0. The van der Waals surface area contributed by atoms with Crippen LogP contribution >= 0.6 is 27.5 Å². The zero-order chi connectivity index (χ0) is 12.6. The number of benzene rings is 1. The molecule has 2 aromatic rings. The van der Waals surface area contributed by atoms with E-state index in [1.807, 2.05) is 12.1 Å². The van der Waals surface area contributed by atoms with Crippen molar-refractivity contribution in [1.82, 2.24) is 5.32 Å². The minimum atomic E-state index is 0.432. The van der Waals surface area contributed by atoms with E-state index in [1.165, 1.54) is 0 Å². The van der Waals surface area contributed by atoms with E-state index < -0.39 is 0 Å². The second kappa shape index (κ2) is 5.01. The molecule has 0 radical (unpaired) electrons. The lowest BCUT2D eigenvalue weighted by Crippen LogP contribution is -2.21. The van der Waals surface area contributed by atoms with Crippen molar-refractivity contribution in [2.24, 2.45) is 0 Å². The van der Waals surface area contributed by atoms with E-state index in [4.69, 9.17) is 16.0 Å². The van der Waals surface area contributed by atoms with Crippen LogP contribution in [0.4, 0.5) is 0 Å². The smallest absolute Gasteiger partial charge is 0.154 e. The molecule has 1 heterocycles. The van der Waals surface area contributed by atoms with Gasteiger partial charge in [-0.1, -0.05) is 41.4 Å². The first-order valence-electron chi connectivity index (χ1n) is 5.60. The third-order valence-corrected chi connectivity index (χ3v) is 3.71. The molecule has 0 amide bonds. The van der Waals surface area contributed by atoms with Crippen molar-refractivity contribution in [2.75, 3.05) is 0 Å². The quantitative estimate of drug-likeness (QED) is 0.891. The van der Waals surface area contributed by atoms with Crippen LogP contribution in [0.2, 0.25) is 5.02 Å². The first kappa shape index (κ1) is 12.9. The molecule has 0 unspecified atom stereocenters. The Morgan fingerprint density at radius 2 is 2.12 bits per heavy atom. The van der Waals surface area contributed by atoms with E-state index in [9.17, 15) is 0 Å². The van der Waals surface area contributed by atoms with Gasteiger partial charge in [0.15, 0.2) is 5.58 Å². The maximum Gasteiger partial charge on any atom is 0.154 e. The number of hydrogen-bond acceptors (Lipinski definition) is 2. The monoisotopic (exact) mass is 315 g/mol. The maximum atomic E-state index is 6.14. The van der Waals surface area contributed by atoms with Gasteiger partial charge in [0.25, 0.3) is 0 Å². The Bertz CT molecular complexity index is 548. The van der Waals surface area contributed by atoms with Crippen LogP contribution in [0.1, 0.15) is 25.2 Å². The summed E-state index contributed by atoms with van der Waals surface area (Å²) in [5, 5.41) is 5.07. The number of aryl methyl sites for hydroxylation is 1. The van der Waals surface area contributed by atoms with Crippen LogP contribution in [0.5, 0.6) is 0 Å². The molecule has 2 rings (SSSR count). The summed E-state index contributed by atoms with van der Waals surface area (Å²) >= 11 is 9.68.